The van der Waals surface area contributed by atoms with E-state index in [0.717, 1.165) is 41.8 Å². The van der Waals surface area contributed by atoms with E-state index >= 15 is 0 Å². The average molecular weight is 462 g/mol. The number of carbonyl (C=O) groups is 2. The first kappa shape index (κ1) is 23.4. The highest BCUT2D eigenvalue weighted by molar-refractivity contribution is 5.94. The second-order valence-corrected chi connectivity index (χ2v) is 9.54. The number of nitrogens with one attached hydrogen (secondary N) is 3. The van der Waals surface area contributed by atoms with Crippen molar-refractivity contribution >= 4 is 17.6 Å². The number of aromatic amines is 1. The fourth-order valence-corrected chi connectivity index (χ4v) is 4.21. The Hall–Kier alpha value is -3.75. The van der Waals surface area contributed by atoms with Crippen molar-refractivity contribution in [3.8, 4) is 11.3 Å². The molecule has 2 amide bonds. The van der Waals surface area contributed by atoms with Crippen LogP contribution in [0.25, 0.3) is 11.3 Å². The topological polar surface area (TPSA) is 139 Å². The quantitative estimate of drug-likeness (QED) is 0.361. The van der Waals surface area contributed by atoms with E-state index < -0.39 is 0 Å². The van der Waals surface area contributed by atoms with Crippen LogP contribution in [0.2, 0.25) is 0 Å². The molecule has 34 heavy (non-hydrogen) atoms. The van der Waals surface area contributed by atoms with Crippen LogP contribution in [0.1, 0.15) is 60.4 Å². The largest absolute Gasteiger partial charge is 0.370 e. The lowest BCUT2D eigenvalue weighted by Gasteiger charge is -2.29. The number of hydrogen-bond donors (Lipinski definition) is 4. The molecule has 0 fully saturated rings. The number of carbonyl (C=O) groups excluding carboxylic acids is 2. The lowest BCUT2D eigenvalue weighted by atomic mass is 9.76. The Morgan fingerprint density at radius 2 is 2.12 bits per heavy atom. The van der Waals surface area contributed by atoms with Gasteiger partial charge in [-0.05, 0) is 54.9 Å². The first-order valence-corrected chi connectivity index (χ1v) is 11.6. The van der Waals surface area contributed by atoms with Crippen LogP contribution in [0.4, 0.5) is 5.82 Å². The minimum absolute atomic E-state index is 0.224. The number of hydrogen-bond acceptors (Lipinski definition) is 6. The minimum atomic E-state index is -0.386. The van der Waals surface area contributed by atoms with Crippen LogP contribution >= 0.6 is 0 Å². The average Bonchev–Trinajstić information content (AvgIpc) is 3.22. The van der Waals surface area contributed by atoms with Gasteiger partial charge in [0.25, 0.3) is 5.91 Å². The second-order valence-electron chi connectivity index (χ2n) is 9.54. The van der Waals surface area contributed by atoms with Crippen molar-refractivity contribution in [1.29, 1.82) is 0 Å². The predicted molar refractivity (Wildman–Crippen MR) is 130 cm³/mol. The van der Waals surface area contributed by atoms with Gasteiger partial charge in [-0.15, -0.1) is 0 Å². The molecule has 1 aliphatic carbocycles. The molecule has 9 nitrogen and oxygen atoms in total. The standard InChI is InChI=1S/C25H31N7O2/c1-25(2)8-7-18-20(13-25)31-32-23(18)17-11-19(24(34)28-10-4-6-21(26)33)30-22(12-17)29-15-16-5-3-9-27-14-16/h3,5,9,11-12,14H,4,6-8,10,13,15H2,1-2H3,(H2,26,33)(H,28,34)(H,29,30)(H,31,32). The molecule has 0 bridgehead atoms. The Morgan fingerprint density at radius 3 is 2.88 bits per heavy atom. The van der Waals surface area contributed by atoms with Crippen molar-refractivity contribution in [1.82, 2.24) is 25.5 Å². The van der Waals surface area contributed by atoms with Crippen molar-refractivity contribution in [2.45, 2.75) is 52.5 Å². The Bertz CT molecular complexity index is 1170. The van der Waals surface area contributed by atoms with Crippen LogP contribution in [0.5, 0.6) is 0 Å². The third kappa shape index (κ3) is 5.78. The minimum Gasteiger partial charge on any atom is -0.370 e. The number of aromatic nitrogens is 4. The zero-order chi connectivity index (χ0) is 24.1. The van der Waals surface area contributed by atoms with Crippen molar-refractivity contribution in [2.75, 3.05) is 11.9 Å². The van der Waals surface area contributed by atoms with E-state index in [9.17, 15) is 9.59 Å². The van der Waals surface area contributed by atoms with Crippen molar-refractivity contribution in [3.63, 3.8) is 0 Å². The Balaban J connectivity index is 1.60. The summed E-state index contributed by atoms with van der Waals surface area (Å²) in [5, 5.41) is 14.0. The van der Waals surface area contributed by atoms with E-state index in [-0.39, 0.29) is 29.3 Å². The third-order valence-electron chi connectivity index (χ3n) is 6.07. The predicted octanol–water partition coefficient (Wildman–Crippen LogP) is 2.99. The monoisotopic (exact) mass is 461 g/mol. The van der Waals surface area contributed by atoms with Gasteiger partial charge in [-0.1, -0.05) is 19.9 Å². The molecule has 0 atom stereocenters. The smallest absolute Gasteiger partial charge is 0.269 e. The van der Waals surface area contributed by atoms with E-state index in [0.29, 0.717) is 25.3 Å². The fraction of sp³-hybridized carbons (Fsp3) is 0.400. The third-order valence-corrected chi connectivity index (χ3v) is 6.07. The summed E-state index contributed by atoms with van der Waals surface area (Å²) >= 11 is 0. The Morgan fingerprint density at radius 1 is 1.26 bits per heavy atom. The second kappa shape index (κ2) is 10.0. The SMILES string of the molecule is CC1(C)CCc2c(-c3cc(NCc4cccnc4)nc(C(=O)NCCCC(N)=O)c3)n[nH]c2C1. The summed E-state index contributed by atoms with van der Waals surface area (Å²) in [5.41, 5.74) is 10.8. The van der Waals surface area contributed by atoms with Crippen LogP contribution in [0.3, 0.4) is 0 Å². The summed E-state index contributed by atoms with van der Waals surface area (Å²) in [6, 6.07) is 7.55. The summed E-state index contributed by atoms with van der Waals surface area (Å²) in [6.07, 6.45) is 7.18. The molecule has 0 aromatic carbocycles. The maximum Gasteiger partial charge on any atom is 0.269 e. The maximum absolute atomic E-state index is 12.9. The molecule has 0 aliphatic heterocycles. The molecule has 9 heteroatoms. The molecule has 4 rings (SSSR count). The number of nitrogens with two attached hydrogens (primary N) is 1. The number of H-pyrrole nitrogens is 1. The van der Waals surface area contributed by atoms with Gasteiger partial charge >= 0.3 is 0 Å². The zero-order valence-corrected chi connectivity index (χ0v) is 19.6. The zero-order valence-electron chi connectivity index (χ0n) is 19.6. The summed E-state index contributed by atoms with van der Waals surface area (Å²) in [5.74, 6) is -0.111. The number of primary amides is 1. The van der Waals surface area contributed by atoms with E-state index in [1.54, 1.807) is 18.5 Å². The van der Waals surface area contributed by atoms with E-state index in [2.05, 4.69) is 44.6 Å². The number of amides is 2. The fourth-order valence-electron chi connectivity index (χ4n) is 4.21. The molecular formula is C25H31N7O2. The maximum atomic E-state index is 12.9. The Kier molecular flexibility index (Phi) is 6.90. The number of nitrogens with zero attached hydrogens (tertiary/aromatic N) is 3. The van der Waals surface area contributed by atoms with E-state index in [4.69, 9.17) is 5.73 Å². The van der Waals surface area contributed by atoms with Gasteiger partial charge in [-0.3, -0.25) is 19.7 Å². The molecule has 3 heterocycles. The van der Waals surface area contributed by atoms with Gasteiger partial charge in [0, 0.05) is 48.7 Å². The van der Waals surface area contributed by atoms with E-state index in [1.807, 2.05) is 18.2 Å². The van der Waals surface area contributed by atoms with Crippen LogP contribution in [0.15, 0.2) is 36.7 Å². The lowest BCUT2D eigenvalue weighted by molar-refractivity contribution is -0.118. The molecule has 3 aromatic heterocycles. The van der Waals surface area contributed by atoms with Gasteiger partial charge in [0.15, 0.2) is 0 Å². The van der Waals surface area contributed by atoms with Crippen LogP contribution in [0, 0.1) is 5.41 Å². The molecule has 3 aromatic rings. The molecule has 0 saturated carbocycles. The Labute approximate surface area is 199 Å². The van der Waals surface area contributed by atoms with Crippen molar-refractivity contribution < 1.29 is 9.59 Å². The summed E-state index contributed by atoms with van der Waals surface area (Å²) in [4.78, 5) is 32.5. The number of rotatable bonds is 9. The van der Waals surface area contributed by atoms with Gasteiger partial charge in [0.1, 0.15) is 11.5 Å². The van der Waals surface area contributed by atoms with Gasteiger partial charge in [-0.25, -0.2) is 4.98 Å². The highest BCUT2D eigenvalue weighted by Crippen LogP contribution is 2.38. The molecule has 178 valence electrons. The summed E-state index contributed by atoms with van der Waals surface area (Å²) in [7, 11) is 0. The van der Waals surface area contributed by atoms with Crippen molar-refractivity contribution in [3.05, 3.63) is 59.2 Å². The van der Waals surface area contributed by atoms with Gasteiger partial charge < -0.3 is 16.4 Å². The van der Waals surface area contributed by atoms with Gasteiger partial charge in [-0.2, -0.15) is 5.10 Å². The molecule has 5 N–H and O–H groups in total. The molecule has 0 radical (unpaired) electrons. The van der Waals surface area contributed by atoms with Crippen LogP contribution in [-0.4, -0.2) is 38.5 Å². The van der Waals surface area contributed by atoms with Gasteiger partial charge in [0.05, 0.1) is 5.69 Å². The number of fused-ring (bicyclic) bond motifs is 1. The molecule has 0 spiro atoms. The molecule has 0 saturated heterocycles. The highest BCUT2D eigenvalue weighted by Gasteiger charge is 2.29. The lowest BCUT2D eigenvalue weighted by Crippen LogP contribution is -2.26. The molecule has 0 unspecified atom stereocenters. The van der Waals surface area contributed by atoms with Crippen LogP contribution in [-0.2, 0) is 24.2 Å². The first-order chi connectivity index (χ1) is 16.3. The summed E-state index contributed by atoms with van der Waals surface area (Å²) in [6.45, 7) is 5.41. The number of pyridine rings is 2. The molecule has 1 aliphatic rings. The van der Waals surface area contributed by atoms with Crippen LogP contribution < -0.4 is 16.4 Å². The molecular weight excluding hydrogens is 430 g/mol. The van der Waals surface area contributed by atoms with E-state index in [1.165, 1.54) is 5.56 Å². The normalized spacial score (nSPS) is 14.3. The summed E-state index contributed by atoms with van der Waals surface area (Å²) < 4.78 is 0. The first-order valence-electron chi connectivity index (χ1n) is 11.6. The van der Waals surface area contributed by atoms with Crippen molar-refractivity contribution in [2.24, 2.45) is 11.1 Å². The highest BCUT2D eigenvalue weighted by atomic mass is 16.2. The number of anilines is 1. The van der Waals surface area contributed by atoms with Gasteiger partial charge in [0.2, 0.25) is 5.91 Å².